The Bertz CT molecular complexity index is 1860. The maximum Gasteiger partial charge on any atom is 0.389 e. The number of aromatic amines is 1. The number of H-pyrrole nitrogens is 1. The van der Waals surface area contributed by atoms with Crippen LogP contribution in [0.25, 0.3) is 44.0 Å². The second kappa shape index (κ2) is 12.3. The second-order valence-electron chi connectivity index (χ2n) is 13.9. The molecule has 0 saturated heterocycles. The lowest BCUT2D eigenvalue weighted by molar-refractivity contribution is -0.136. The zero-order valence-corrected chi connectivity index (χ0v) is 30.9. The van der Waals surface area contributed by atoms with Gasteiger partial charge in [0.15, 0.2) is 8.32 Å². The fraction of sp³-hybridized carbons (Fsp3) is 0.400. The van der Waals surface area contributed by atoms with E-state index < -0.39 is 20.9 Å². The number of fused-ring (bicyclic) bond motifs is 6. The van der Waals surface area contributed by atoms with Crippen molar-refractivity contribution in [3.05, 3.63) is 69.1 Å². The fourth-order valence-electron chi connectivity index (χ4n) is 5.62. The van der Waals surface area contributed by atoms with Gasteiger partial charge >= 0.3 is 6.18 Å². The van der Waals surface area contributed by atoms with Gasteiger partial charge in [-0.25, -0.2) is 4.98 Å². The van der Waals surface area contributed by atoms with E-state index >= 15 is 0 Å². The largest absolute Gasteiger partial charge is 0.494 e. The van der Waals surface area contributed by atoms with Crippen LogP contribution in [0, 0.1) is 0 Å². The molecular weight excluding hydrogens is 725 g/mol. The Balaban J connectivity index is 1.63. The van der Waals surface area contributed by atoms with E-state index in [-0.39, 0.29) is 23.7 Å². The first-order valence-corrected chi connectivity index (χ1v) is 19.6. The Morgan fingerprint density at radius 2 is 1.49 bits per heavy atom. The van der Waals surface area contributed by atoms with Crippen molar-refractivity contribution in [1.82, 2.24) is 9.97 Å². The zero-order valence-electron chi connectivity index (χ0n) is 26.7. The maximum atomic E-state index is 12.7. The molecular formula is C35H39Br2F3N2O2Si. The molecule has 1 heterocycles. The highest BCUT2D eigenvalue weighted by Gasteiger charge is 2.41. The molecule has 4 aromatic carbocycles. The maximum absolute atomic E-state index is 12.7. The van der Waals surface area contributed by atoms with Crippen LogP contribution in [0.1, 0.15) is 53.0 Å². The van der Waals surface area contributed by atoms with E-state index in [1.807, 2.05) is 36.4 Å². The smallest absolute Gasteiger partial charge is 0.389 e. The number of imidazole rings is 1. The minimum atomic E-state index is -4.20. The van der Waals surface area contributed by atoms with Crippen LogP contribution in [-0.2, 0) is 10.8 Å². The van der Waals surface area contributed by atoms with Gasteiger partial charge in [-0.2, -0.15) is 13.2 Å². The molecule has 4 nitrogen and oxygen atoms in total. The summed E-state index contributed by atoms with van der Waals surface area (Å²) in [5.41, 5.74) is 3.40. The first-order valence-electron chi connectivity index (χ1n) is 15.1. The van der Waals surface area contributed by atoms with Crippen LogP contribution in [0.5, 0.6) is 5.75 Å². The lowest BCUT2D eigenvalue weighted by atomic mass is 9.93. The molecule has 0 amide bonds. The number of ether oxygens (including phenoxy) is 1. The summed E-state index contributed by atoms with van der Waals surface area (Å²) in [7, 11) is -2.01. The highest BCUT2D eigenvalue weighted by atomic mass is 79.9. The highest BCUT2D eigenvalue weighted by molar-refractivity contribution is 9.11. The van der Waals surface area contributed by atoms with Crippen molar-refractivity contribution in [2.75, 3.05) is 6.61 Å². The quantitative estimate of drug-likeness (QED) is 0.0924. The average Bonchev–Trinajstić information content (AvgIpc) is 3.34. The molecule has 0 spiro atoms. The van der Waals surface area contributed by atoms with Crippen molar-refractivity contribution in [2.24, 2.45) is 0 Å². The van der Waals surface area contributed by atoms with Crippen LogP contribution < -0.4 is 4.74 Å². The van der Waals surface area contributed by atoms with E-state index in [2.05, 4.69) is 103 Å². The molecule has 0 aliphatic rings. The summed E-state index contributed by atoms with van der Waals surface area (Å²) >= 11 is 7.35. The number of alkyl halides is 3. The van der Waals surface area contributed by atoms with Gasteiger partial charge in [-0.1, -0.05) is 45.0 Å². The first-order chi connectivity index (χ1) is 20.9. The van der Waals surface area contributed by atoms with Crippen molar-refractivity contribution in [3.63, 3.8) is 0 Å². The number of hydrogen-bond donors (Lipinski definition) is 1. The Labute approximate surface area is 280 Å². The molecule has 5 rings (SSSR count). The van der Waals surface area contributed by atoms with E-state index in [1.165, 1.54) is 0 Å². The molecule has 0 aliphatic carbocycles. The van der Waals surface area contributed by atoms with Gasteiger partial charge in [0.25, 0.3) is 0 Å². The molecule has 0 aliphatic heterocycles. The predicted molar refractivity (Wildman–Crippen MR) is 189 cm³/mol. The molecule has 45 heavy (non-hydrogen) atoms. The number of halogens is 5. The monoisotopic (exact) mass is 762 g/mol. The normalized spacial score (nSPS) is 13.3. The summed E-state index contributed by atoms with van der Waals surface area (Å²) in [5.74, 6) is 1.25. The van der Waals surface area contributed by atoms with Crippen molar-refractivity contribution in [3.8, 4) is 17.1 Å². The predicted octanol–water partition coefficient (Wildman–Crippen LogP) is 12.1. The van der Waals surface area contributed by atoms with Crippen LogP contribution >= 0.6 is 31.9 Å². The third-order valence-corrected chi connectivity index (χ3v) is 14.6. The SMILES string of the molecule is CC(C)(Cc1ccc2c(c1)c1cc(OCCCC(F)(F)F)ccc1c1[nH]c(-c3c(Br)cccc3Br)nc21)O[Si](C)(C)C(C)(C)C. The van der Waals surface area contributed by atoms with Gasteiger partial charge < -0.3 is 14.1 Å². The van der Waals surface area contributed by atoms with E-state index in [0.717, 1.165) is 64.9 Å². The zero-order chi connectivity index (χ0) is 32.9. The summed E-state index contributed by atoms with van der Waals surface area (Å²) < 4.78 is 52.6. The van der Waals surface area contributed by atoms with Crippen LogP contribution in [0.4, 0.5) is 13.2 Å². The Hall–Kier alpha value is -2.40. The topological polar surface area (TPSA) is 47.1 Å². The third-order valence-electron chi connectivity index (χ3n) is 8.63. The number of nitrogens with zero attached hydrogens (tertiary/aromatic N) is 1. The Morgan fingerprint density at radius 3 is 2.13 bits per heavy atom. The molecule has 0 fully saturated rings. The van der Waals surface area contributed by atoms with Gasteiger partial charge in [0, 0.05) is 31.7 Å². The van der Waals surface area contributed by atoms with Crippen LogP contribution in [0.15, 0.2) is 63.5 Å². The van der Waals surface area contributed by atoms with E-state index in [9.17, 15) is 13.2 Å². The van der Waals surface area contributed by atoms with Gasteiger partial charge in [0.1, 0.15) is 11.6 Å². The summed E-state index contributed by atoms with van der Waals surface area (Å²) in [4.78, 5) is 8.65. The number of nitrogens with one attached hydrogen (secondary N) is 1. The van der Waals surface area contributed by atoms with E-state index in [1.54, 1.807) is 0 Å². The summed E-state index contributed by atoms with van der Waals surface area (Å²) in [6.45, 7) is 15.6. The first kappa shape index (κ1) is 33.9. The minimum absolute atomic E-state index is 0.0142. The molecule has 240 valence electrons. The molecule has 0 atom stereocenters. The number of hydrogen-bond acceptors (Lipinski definition) is 3. The van der Waals surface area contributed by atoms with E-state index in [4.69, 9.17) is 14.1 Å². The number of rotatable bonds is 9. The highest BCUT2D eigenvalue weighted by Crippen LogP contribution is 2.42. The lowest BCUT2D eigenvalue weighted by Crippen LogP contribution is -2.48. The number of benzene rings is 4. The molecule has 0 bridgehead atoms. The number of aromatic nitrogens is 2. The van der Waals surface area contributed by atoms with Gasteiger partial charge in [0.2, 0.25) is 0 Å². The van der Waals surface area contributed by atoms with Crippen LogP contribution in [0.3, 0.4) is 0 Å². The summed E-state index contributed by atoms with van der Waals surface area (Å²) in [5, 5.41) is 3.97. The molecule has 10 heteroatoms. The second-order valence-corrected chi connectivity index (χ2v) is 20.3. The third kappa shape index (κ3) is 7.44. The van der Waals surface area contributed by atoms with Crippen LogP contribution in [-0.4, -0.2) is 36.7 Å². The minimum Gasteiger partial charge on any atom is -0.494 e. The fourth-order valence-corrected chi connectivity index (χ4v) is 8.76. The van der Waals surface area contributed by atoms with Gasteiger partial charge in [-0.3, -0.25) is 0 Å². The molecule has 0 radical (unpaired) electrons. The van der Waals surface area contributed by atoms with Gasteiger partial charge in [-0.15, -0.1) is 0 Å². The van der Waals surface area contributed by atoms with E-state index in [0.29, 0.717) is 5.75 Å². The van der Waals surface area contributed by atoms with Gasteiger partial charge in [0.05, 0.1) is 23.2 Å². The van der Waals surface area contributed by atoms with Crippen molar-refractivity contribution in [1.29, 1.82) is 0 Å². The summed E-state index contributed by atoms with van der Waals surface area (Å²) in [6.07, 6.45) is -4.45. The molecule has 0 saturated carbocycles. The lowest BCUT2D eigenvalue weighted by Gasteiger charge is -2.43. The van der Waals surface area contributed by atoms with Crippen molar-refractivity contribution >= 4 is 72.8 Å². The molecule has 0 unspecified atom stereocenters. The molecule has 5 aromatic rings. The summed E-state index contributed by atoms with van der Waals surface area (Å²) in [6, 6.07) is 18.1. The van der Waals surface area contributed by atoms with Crippen LogP contribution in [0.2, 0.25) is 18.1 Å². The molecule has 1 aromatic heterocycles. The standard InChI is InChI=1S/C35H39Br2F3N2O2Si/c1-33(2,3)45(6,7)44-34(4,5)20-21-12-14-23-25(18-21)26-19-22(43-17-9-16-35(38,39)40)13-15-24(26)31-30(23)41-32(42-31)29-27(36)10-8-11-28(29)37/h8,10-15,18-19H,9,16-17,20H2,1-7H3,(H,41,42). The average molecular weight is 765 g/mol. The molecule has 1 N–H and O–H groups in total. The van der Waals surface area contributed by atoms with Gasteiger partial charge in [-0.05, 0) is 123 Å². The van der Waals surface area contributed by atoms with Crippen molar-refractivity contribution < 1.29 is 22.3 Å². The Morgan fingerprint density at radius 1 is 0.844 bits per heavy atom. The van der Waals surface area contributed by atoms with Crippen molar-refractivity contribution in [2.45, 2.75) is 83.8 Å². The Kier molecular flexibility index (Phi) is 9.29.